The van der Waals surface area contributed by atoms with Crippen molar-refractivity contribution in [1.82, 2.24) is 0 Å². The summed E-state index contributed by atoms with van der Waals surface area (Å²) >= 11 is 2.21. The van der Waals surface area contributed by atoms with Crippen molar-refractivity contribution in [3.63, 3.8) is 0 Å². The Balaban J connectivity index is 2.59. The molecular formula is C10H8INO. The third kappa shape index (κ3) is 1.52. The minimum Gasteiger partial charge on any atom is -0.293 e. The van der Waals surface area contributed by atoms with Crippen LogP contribution in [0.4, 0.5) is 5.69 Å². The van der Waals surface area contributed by atoms with Gasteiger partial charge in [0.2, 0.25) is 0 Å². The fourth-order valence-corrected chi connectivity index (χ4v) is 1.80. The Morgan fingerprint density at radius 2 is 2.23 bits per heavy atom. The Hall–Kier alpha value is -0.710. The van der Waals surface area contributed by atoms with Crippen LogP contribution in [0.15, 0.2) is 23.2 Å². The number of hydrogen-bond acceptors (Lipinski definition) is 2. The lowest BCUT2D eigenvalue weighted by Gasteiger charge is -2.13. The molecule has 0 aromatic heterocycles. The second kappa shape index (κ2) is 3.21. The number of rotatable bonds is 0. The maximum atomic E-state index is 11.6. The van der Waals surface area contributed by atoms with Crippen molar-refractivity contribution >= 4 is 40.3 Å². The molecule has 0 aliphatic carbocycles. The Morgan fingerprint density at radius 1 is 1.46 bits per heavy atom. The quantitative estimate of drug-likeness (QED) is 0.674. The van der Waals surface area contributed by atoms with Gasteiger partial charge in [-0.15, -0.1) is 0 Å². The molecular weight excluding hydrogens is 277 g/mol. The molecule has 3 heteroatoms. The second-order valence-electron chi connectivity index (χ2n) is 3.09. The van der Waals surface area contributed by atoms with E-state index in [2.05, 4.69) is 27.6 Å². The van der Waals surface area contributed by atoms with E-state index in [0.717, 1.165) is 14.8 Å². The topological polar surface area (TPSA) is 29.4 Å². The van der Waals surface area contributed by atoms with E-state index in [1.54, 1.807) is 6.21 Å². The van der Waals surface area contributed by atoms with Gasteiger partial charge >= 0.3 is 0 Å². The molecule has 0 bridgehead atoms. The molecule has 1 aliphatic rings. The highest BCUT2D eigenvalue weighted by molar-refractivity contribution is 14.1. The van der Waals surface area contributed by atoms with Gasteiger partial charge in [-0.25, -0.2) is 0 Å². The van der Waals surface area contributed by atoms with Crippen molar-refractivity contribution in [3.8, 4) is 0 Å². The summed E-state index contributed by atoms with van der Waals surface area (Å²) in [5.41, 5.74) is 1.55. The fourth-order valence-electron chi connectivity index (χ4n) is 1.33. The van der Waals surface area contributed by atoms with Gasteiger partial charge in [0.25, 0.3) is 0 Å². The highest BCUT2D eigenvalue weighted by Gasteiger charge is 2.20. The van der Waals surface area contributed by atoms with Crippen LogP contribution in [0, 0.1) is 9.49 Å². The van der Waals surface area contributed by atoms with Gasteiger partial charge in [-0.2, -0.15) is 0 Å². The van der Waals surface area contributed by atoms with Gasteiger partial charge in [-0.1, -0.05) is 6.92 Å². The molecule has 2 nitrogen and oxygen atoms in total. The molecule has 1 aliphatic heterocycles. The zero-order chi connectivity index (χ0) is 9.42. The van der Waals surface area contributed by atoms with E-state index in [4.69, 9.17) is 0 Å². The molecule has 0 saturated heterocycles. The van der Waals surface area contributed by atoms with Gasteiger partial charge in [0.15, 0.2) is 5.78 Å². The normalized spacial score (nSPS) is 20.2. The molecule has 1 atom stereocenters. The summed E-state index contributed by atoms with van der Waals surface area (Å²) in [5.74, 6) is 0.0916. The Bertz CT molecular complexity index is 398. The van der Waals surface area contributed by atoms with Crippen molar-refractivity contribution in [2.75, 3.05) is 0 Å². The van der Waals surface area contributed by atoms with E-state index in [0.29, 0.717) is 0 Å². The highest BCUT2D eigenvalue weighted by atomic mass is 127. The lowest BCUT2D eigenvalue weighted by Crippen LogP contribution is -2.16. The molecule has 0 saturated carbocycles. The van der Waals surface area contributed by atoms with Crippen molar-refractivity contribution in [1.29, 1.82) is 0 Å². The van der Waals surface area contributed by atoms with E-state index in [1.165, 1.54) is 0 Å². The van der Waals surface area contributed by atoms with E-state index in [9.17, 15) is 4.79 Å². The molecule has 0 spiro atoms. The van der Waals surface area contributed by atoms with Crippen LogP contribution in [0.2, 0.25) is 0 Å². The third-order valence-electron chi connectivity index (χ3n) is 2.08. The molecule has 1 aromatic carbocycles. The molecule has 0 N–H and O–H groups in total. The number of ketones is 1. The van der Waals surface area contributed by atoms with Crippen molar-refractivity contribution in [2.45, 2.75) is 6.92 Å². The molecule has 1 unspecified atom stereocenters. The number of hydrogen-bond donors (Lipinski definition) is 0. The monoisotopic (exact) mass is 285 g/mol. The Morgan fingerprint density at radius 3 is 3.00 bits per heavy atom. The summed E-state index contributed by atoms with van der Waals surface area (Å²) < 4.78 is 1.11. The number of fused-ring (bicyclic) bond motifs is 1. The summed E-state index contributed by atoms with van der Waals surface area (Å²) in [6.45, 7) is 1.87. The molecule has 2 rings (SSSR count). The minimum atomic E-state index is -0.0763. The van der Waals surface area contributed by atoms with Crippen molar-refractivity contribution in [3.05, 3.63) is 27.3 Å². The Kier molecular flexibility index (Phi) is 2.19. The van der Waals surface area contributed by atoms with E-state index in [1.807, 2.05) is 25.1 Å². The van der Waals surface area contributed by atoms with Gasteiger partial charge in [-0.3, -0.25) is 9.79 Å². The number of carbonyl (C=O) groups excluding carboxylic acids is 1. The van der Waals surface area contributed by atoms with Gasteiger partial charge in [0, 0.05) is 15.3 Å². The van der Waals surface area contributed by atoms with Crippen LogP contribution < -0.4 is 0 Å². The van der Waals surface area contributed by atoms with Crippen LogP contribution >= 0.6 is 22.6 Å². The molecule has 13 heavy (non-hydrogen) atoms. The van der Waals surface area contributed by atoms with E-state index in [-0.39, 0.29) is 11.7 Å². The Labute approximate surface area is 90.2 Å². The summed E-state index contributed by atoms with van der Waals surface area (Å²) in [5, 5.41) is 0. The lowest BCUT2D eigenvalue weighted by molar-refractivity contribution is 0.0962. The van der Waals surface area contributed by atoms with Crippen LogP contribution in [0.5, 0.6) is 0 Å². The van der Waals surface area contributed by atoms with Gasteiger partial charge < -0.3 is 0 Å². The number of nitrogens with zero attached hydrogens (tertiary/aromatic N) is 1. The van der Waals surface area contributed by atoms with Crippen LogP contribution in [0.3, 0.4) is 0 Å². The first kappa shape index (κ1) is 8.87. The summed E-state index contributed by atoms with van der Waals surface area (Å²) in [7, 11) is 0. The van der Waals surface area contributed by atoms with Gasteiger partial charge in [0.05, 0.1) is 11.6 Å². The largest absolute Gasteiger partial charge is 0.293 e. The lowest BCUT2D eigenvalue weighted by atomic mass is 9.96. The molecule has 66 valence electrons. The standard InChI is InChI=1S/C10H8INO/c1-6-5-12-9-4-7(11)2-3-8(9)10(6)13/h2-6H,1H3. The predicted octanol–water partition coefficient (Wildman–Crippen LogP) is 2.83. The fraction of sp³-hybridized carbons (Fsp3) is 0.200. The van der Waals surface area contributed by atoms with Crippen molar-refractivity contribution < 1.29 is 4.79 Å². The number of aliphatic imine (C=N–C) groups is 1. The first-order valence-corrected chi connectivity index (χ1v) is 5.14. The number of halogens is 1. The SMILES string of the molecule is CC1C=Nc2cc(I)ccc2C1=O. The average molecular weight is 285 g/mol. The molecule has 0 amide bonds. The summed E-state index contributed by atoms with van der Waals surface area (Å²) in [6.07, 6.45) is 1.71. The first-order valence-electron chi connectivity index (χ1n) is 4.06. The molecule has 1 aromatic rings. The second-order valence-corrected chi connectivity index (χ2v) is 4.34. The highest BCUT2D eigenvalue weighted by Crippen LogP contribution is 2.27. The van der Waals surface area contributed by atoms with Crippen LogP contribution in [0.25, 0.3) is 0 Å². The van der Waals surface area contributed by atoms with Crippen LogP contribution in [-0.2, 0) is 0 Å². The molecule has 0 fully saturated rings. The van der Waals surface area contributed by atoms with Crippen LogP contribution in [-0.4, -0.2) is 12.0 Å². The number of carbonyl (C=O) groups is 1. The van der Waals surface area contributed by atoms with E-state index < -0.39 is 0 Å². The number of benzene rings is 1. The molecule has 1 heterocycles. The zero-order valence-corrected chi connectivity index (χ0v) is 9.28. The summed E-state index contributed by atoms with van der Waals surface area (Å²) in [4.78, 5) is 15.9. The average Bonchev–Trinajstić information content (AvgIpc) is 2.12. The third-order valence-corrected chi connectivity index (χ3v) is 2.75. The zero-order valence-electron chi connectivity index (χ0n) is 7.12. The maximum Gasteiger partial charge on any atom is 0.173 e. The van der Waals surface area contributed by atoms with Crippen LogP contribution in [0.1, 0.15) is 17.3 Å². The van der Waals surface area contributed by atoms with E-state index >= 15 is 0 Å². The first-order chi connectivity index (χ1) is 6.18. The predicted molar refractivity (Wildman–Crippen MR) is 60.8 cm³/mol. The van der Waals surface area contributed by atoms with Gasteiger partial charge in [0.1, 0.15) is 0 Å². The van der Waals surface area contributed by atoms with Crippen molar-refractivity contribution in [2.24, 2.45) is 10.9 Å². The molecule has 0 radical (unpaired) electrons. The summed E-state index contributed by atoms with van der Waals surface area (Å²) in [6, 6.07) is 5.72. The maximum absolute atomic E-state index is 11.6. The smallest absolute Gasteiger partial charge is 0.173 e. The minimum absolute atomic E-state index is 0.0763. The number of Topliss-reactive ketones (excluding diaryl/α,β-unsaturated/α-hetero) is 1. The van der Waals surface area contributed by atoms with Gasteiger partial charge in [-0.05, 0) is 40.8 Å².